The maximum absolute atomic E-state index is 11.7. The molecule has 0 bridgehead atoms. The number of hydrogen-bond donors (Lipinski definition) is 0. The van der Waals surface area contributed by atoms with Crippen molar-refractivity contribution < 1.29 is 19.1 Å². The van der Waals surface area contributed by atoms with E-state index in [1.807, 2.05) is 0 Å². The molecule has 0 N–H and O–H groups in total. The Bertz CT molecular complexity index is 697. The molecule has 0 fully saturated rings. The summed E-state index contributed by atoms with van der Waals surface area (Å²) in [7, 11) is 1.56. The fourth-order valence-corrected chi connectivity index (χ4v) is 2.26. The van der Waals surface area contributed by atoms with Gasteiger partial charge in [-0.05, 0) is 36.4 Å². The second-order valence-corrected chi connectivity index (χ2v) is 5.43. The Morgan fingerprint density at radius 2 is 1.71 bits per heavy atom. The van der Waals surface area contributed by atoms with E-state index in [2.05, 4.69) is 5.16 Å². The highest BCUT2D eigenvalue weighted by atomic mass is 35.5. The number of benzene rings is 2. The number of carbonyl (C=O) groups is 1. The molecular weight excluding hydrogens is 353 g/mol. The Kier molecular flexibility index (Phi) is 6.90. The average molecular weight is 368 g/mol. The molecule has 0 aromatic heterocycles. The molecule has 0 saturated carbocycles. The summed E-state index contributed by atoms with van der Waals surface area (Å²) in [6.45, 7) is 0.114. The van der Waals surface area contributed by atoms with Crippen LogP contribution in [-0.4, -0.2) is 19.3 Å². The van der Waals surface area contributed by atoms with E-state index in [0.717, 1.165) is 0 Å². The molecule has 0 aliphatic heterocycles. The minimum Gasteiger partial charge on any atom is -0.497 e. The molecular formula is C17H15Cl2NO4. The van der Waals surface area contributed by atoms with Crippen molar-refractivity contribution in [3.8, 4) is 11.5 Å². The van der Waals surface area contributed by atoms with Crippen molar-refractivity contribution in [3.05, 3.63) is 58.1 Å². The summed E-state index contributed by atoms with van der Waals surface area (Å²) in [5.74, 6) is 0.657. The first-order valence-electron chi connectivity index (χ1n) is 7.01. The van der Waals surface area contributed by atoms with E-state index in [0.29, 0.717) is 27.1 Å². The number of esters is 1. The Balaban J connectivity index is 1.76. The SMILES string of the molecule is COc1ccc(OC(=O)CC=NOCc2c(Cl)cccc2Cl)cc1. The average Bonchev–Trinajstić information content (AvgIpc) is 2.57. The molecule has 0 atom stereocenters. The molecule has 7 heteroatoms. The van der Waals surface area contributed by atoms with Crippen LogP contribution in [0, 0.1) is 0 Å². The molecule has 2 aromatic rings. The van der Waals surface area contributed by atoms with Crippen LogP contribution in [0.2, 0.25) is 10.0 Å². The summed E-state index contributed by atoms with van der Waals surface area (Å²) in [6, 6.07) is 11.9. The fourth-order valence-electron chi connectivity index (χ4n) is 1.75. The van der Waals surface area contributed by atoms with E-state index < -0.39 is 5.97 Å². The number of nitrogens with zero attached hydrogens (tertiary/aromatic N) is 1. The number of methoxy groups -OCH3 is 1. The predicted molar refractivity (Wildman–Crippen MR) is 93.0 cm³/mol. The number of oxime groups is 1. The molecule has 0 heterocycles. The Labute approximate surface area is 149 Å². The second-order valence-electron chi connectivity index (χ2n) is 4.62. The van der Waals surface area contributed by atoms with Gasteiger partial charge >= 0.3 is 5.97 Å². The van der Waals surface area contributed by atoms with Gasteiger partial charge in [0, 0.05) is 15.6 Å². The molecule has 24 heavy (non-hydrogen) atoms. The summed E-state index contributed by atoms with van der Waals surface area (Å²) in [4.78, 5) is 16.8. The topological polar surface area (TPSA) is 57.1 Å². The van der Waals surface area contributed by atoms with E-state index in [4.69, 9.17) is 37.5 Å². The summed E-state index contributed by atoms with van der Waals surface area (Å²) in [6.07, 6.45) is 1.29. The van der Waals surface area contributed by atoms with Gasteiger partial charge in [0.1, 0.15) is 18.1 Å². The minimum absolute atomic E-state index is 0.0255. The molecule has 5 nitrogen and oxygen atoms in total. The number of carbonyl (C=O) groups excluding carboxylic acids is 1. The number of hydrogen-bond acceptors (Lipinski definition) is 5. The van der Waals surface area contributed by atoms with Crippen LogP contribution in [0.25, 0.3) is 0 Å². The lowest BCUT2D eigenvalue weighted by Gasteiger charge is -2.05. The lowest BCUT2D eigenvalue weighted by molar-refractivity contribution is -0.132. The van der Waals surface area contributed by atoms with Gasteiger partial charge in [0.05, 0.1) is 19.7 Å². The Morgan fingerprint density at radius 3 is 2.33 bits per heavy atom. The van der Waals surface area contributed by atoms with Crippen molar-refractivity contribution in [2.24, 2.45) is 5.16 Å². The third-order valence-electron chi connectivity index (χ3n) is 2.97. The zero-order valence-electron chi connectivity index (χ0n) is 12.9. The van der Waals surface area contributed by atoms with Crippen molar-refractivity contribution in [2.45, 2.75) is 13.0 Å². The standard InChI is InChI=1S/C17H15Cl2NO4/c1-22-12-5-7-13(8-6-12)24-17(21)9-10-20-23-11-14-15(18)3-2-4-16(14)19/h2-8,10H,9,11H2,1H3. The second kappa shape index (κ2) is 9.15. The summed E-state index contributed by atoms with van der Waals surface area (Å²) in [5.41, 5.74) is 0.638. The van der Waals surface area contributed by atoms with Crippen LogP contribution in [0.15, 0.2) is 47.6 Å². The highest BCUT2D eigenvalue weighted by Crippen LogP contribution is 2.24. The normalized spacial score (nSPS) is 10.6. The van der Waals surface area contributed by atoms with Gasteiger partial charge in [0.15, 0.2) is 0 Å². The van der Waals surface area contributed by atoms with Crippen molar-refractivity contribution in [1.29, 1.82) is 0 Å². The van der Waals surface area contributed by atoms with E-state index in [9.17, 15) is 4.79 Å². The fraction of sp³-hybridized carbons (Fsp3) is 0.176. The first kappa shape index (κ1) is 18.1. The van der Waals surface area contributed by atoms with E-state index in [1.165, 1.54) is 6.21 Å². The van der Waals surface area contributed by atoms with Crippen LogP contribution in [0.5, 0.6) is 11.5 Å². The smallest absolute Gasteiger partial charge is 0.316 e. The van der Waals surface area contributed by atoms with Crippen molar-refractivity contribution in [2.75, 3.05) is 7.11 Å². The van der Waals surface area contributed by atoms with Gasteiger partial charge in [0.2, 0.25) is 0 Å². The molecule has 0 unspecified atom stereocenters. The molecule has 0 radical (unpaired) electrons. The maximum Gasteiger partial charge on any atom is 0.316 e. The van der Waals surface area contributed by atoms with E-state index in [1.54, 1.807) is 49.6 Å². The molecule has 126 valence electrons. The van der Waals surface area contributed by atoms with E-state index in [-0.39, 0.29) is 13.0 Å². The van der Waals surface area contributed by atoms with Crippen LogP contribution in [0.1, 0.15) is 12.0 Å². The lowest BCUT2D eigenvalue weighted by Crippen LogP contribution is -2.08. The first-order chi connectivity index (χ1) is 11.6. The number of rotatable bonds is 7. The molecule has 0 aliphatic carbocycles. The largest absolute Gasteiger partial charge is 0.497 e. The molecule has 0 saturated heterocycles. The lowest BCUT2D eigenvalue weighted by atomic mass is 10.2. The van der Waals surface area contributed by atoms with Gasteiger partial charge in [-0.15, -0.1) is 0 Å². The van der Waals surface area contributed by atoms with Crippen LogP contribution < -0.4 is 9.47 Å². The van der Waals surface area contributed by atoms with Crippen molar-refractivity contribution >= 4 is 35.4 Å². The zero-order valence-corrected chi connectivity index (χ0v) is 14.4. The Morgan fingerprint density at radius 1 is 1.08 bits per heavy atom. The van der Waals surface area contributed by atoms with Crippen LogP contribution >= 0.6 is 23.2 Å². The van der Waals surface area contributed by atoms with Gasteiger partial charge in [-0.25, -0.2) is 0 Å². The van der Waals surface area contributed by atoms with E-state index >= 15 is 0 Å². The highest BCUT2D eigenvalue weighted by Gasteiger charge is 2.06. The Hall–Kier alpha value is -2.24. The minimum atomic E-state index is -0.455. The van der Waals surface area contributed by atoms with Crippen molar-refractivity contribution in [1.82, 2.24) is 0 Å². The molecule has 0 aliphatic rings. The van der Waals surface area contributed by atoms with Gasteiger partial charge in [0.25, 0.3) is 0 Å². The monoisotopic (exact) mass is 367 g/mol. The number of halogens is 2. The number of ether oxygens (including phenoxy) is 2. The molecule has 0 spiro atoms. The summed E-state index contributed by atoms with van der Waals surface area (Å²) in [5, 5.41) is 4.69. The zero-order chi connectivity index (χ0) is 17.4. The molecule has 2 aromatic carbocycles. The van der Waals surface area contributed by atoms with Gasteiger partial charge in [-0.2, -0.15) is 0 Å². The maximum atomic E-state index is 11.7. The molecule has 0 amide bonds. The highest BCUT2D eigenvalue weighted by molar-refractivity contribution is 6.35. The van der Waals surface area contributed by atoms with Crippen LogP contribution in [0.4, 0.5) is 0 Å². The first-order valence-corrected chi connectivity index (χ1v) is 7.77. The van der Waals surface area contributed by atoms with Crippen molar-refractivity contribution in [3.63, 3.8) is 0 Å². The van der Waals surface area contributed by atoms with Gasteiger partial charge in [-0.3, -0.25) is 4.79 Å². The molecule has 2 rings (SSSR count). The third-order valence-corrected chi connectivity index (χ3v) is 3.68. The van der Waals surface area contributed by atoms with Crippen LogP contribution in [-0.2, 0) is 16.2 Å². The summed E-state index contributed by atoms with van der Waals surface area (Å²) < 4.78 is 10.2. The quantitative estimate of drug-likeness (QED) is 0.313. The van der Waals surface area contributed by atoms with Gasteiger partial charge in [-0.1, -0.05) is 34.4 Å². The summed E-state index contributed by atoms with van der Waals surface area (Å²) >= 11 is 12.0. The third kappa shape index (κ3) is 5.44. The van der Waals surface area contributed by atoms with Gasteiger partial charge < -0.3 is 14.3 Å². The predicted octanol–water partition coefficient (Wildman–Crippen LogP) is 4.50. The van der Waals surface area contributed by atoms with Crippen LogP contribution in [0.3, 0.4) is 0 Å².